The average molecular weight is 364 g/mol. The molecule has 1 aliphatic heterocycles. The molecule has 1 fully saturated rings. The highest BCUT2D eigenvalue weighted by Crippen LogP contribution is 2.38. The highest BCUT2D eigenvalue weighted by Gasteiger charge is 2.37. The molecule has 0 aromatic heterocycles. The van der Waals surface area contributed by atoms with Crippen molar-refractivity contribution in [2.75, 3.05) is 6.54 Å². The van der Waals surface area contributed by atoms with Gasteiger partial charge in [-0.15, -0.1) is 0 Å². The predicted molar refractivity (Wildman–Crippen MR) is 98.0 cm³/mol. The van der Waals surface area contributed by atoms with Crippen LogP contribution < -0.4 is 0 Å². The number of halogens is 1. The van der Waals surface area contributed by atoms with Crippen molar-refractivity contribution in [3.8, 4) is 0 Å². The maximum atomic E-state index is 13.3. The topological polar surface area (TPSA) is 37.4 Å². The fourth-order valence-electron chi connectivity index (χ4n) is 3.74. The van der Waals surface area contributed by atoms with Gasteiger partial charge < -0.3 is 0 Å². The molecule has 0 saturated carbocycles. The van der Waals surface area contributed by atoms with Gasteiger partial charge in [-0.1, -0.05) is 41.4 Å². The van der Waals surface area contributed by atoms with Crippen LogP contribution in [0.25, 0.3) is 0 Å². The Morgan fingerprint density at radius 1 is 1.04 bits per heavy atom. The highest BCUT2D eigenvalue weighted by molar-refractivity contribution is 7.89. The Labute approximate surface area is 149 Å². The third kappa shape index (κ3) is 3.10. The summed E-state index contributed by atoms with van der Waals surface area (Å²) in [7, 11) is -3.52. The number of benzene rings is 2. The molecule has 2 aromatic carbocycles. The fourth-order valence-corrected chi connectivity index (χ4v) is 5.96. The van der Waals surface area contributed by atoms with Crippen molar-refractivity contribution in [1.29, 1.82) is 0 Å². The van der Waals surface area contributed by atoms with E-state index in [4.69, 9.17) is 11.6 Å². The quantitative estimate of drug-likeness (QED) is 0.786. The van der Waals surface area contributed by atoms with E-state index >= 15 is 0 Å². The lowest BCUT2D eigenvalue weighted by molar-refractivity contribution is 0.396. The molecule has 1 unspecified atom stereocenters. The van der Waals surface area contributed by atoms with Gasteiger partial charge in [-0.05, 0) is 62.4 Å². The van der Waals surface area contributed by atoms with E-state index in [0.29, 0.717) is 16.5 Å². The van der Waals surface area contributed by atoms with Gasteiger partial charge in [-0.2, -0.15) is 4.31 Å². The first-order chi connectivity index (χ1) is 11.3. The van der Waals surface area contributed by atoms with Crippen LogP contribution in [0.5, 0.6) is 0 Å². The second kappa shape index (κ2) is 6.51. The molecule has 0 spiro atoms. The number of hydrogen-bond acceptors (Lipinski definition) is 2. The van der Waals surface area contributed by atoms with Gasteiger partial charge in [0.1, 0.15) is 0 Å². The summed E-state index contributed by atoms with van der Waals surface area (Å²) >= 11 is 5.97. The second-order valence-corrected chi connectivity index (χ2v) is 8.82. The zero-order chi connectivity index (χ0) is 17.5. The van der Waals surface area contributed by atoms with Crippen LogP contribution in [0.2, 0.25) is 5.02 Å². The Hall–Kier alpha value is -1.36. The van der Waals surface area contributed by atoms with E-state index in [2.05, 4.69) is 0 Å². The highest BCUT2D eigenvalue weighted by atomic mass is 35.5. The lowest BCUT2D eigenvalue weighted by Crippen LogP contribution is -2.31. The lowest BCUT2D eigenvalue weighted by atomic mass is 10.1. The molecule has 1 saturated heterocycles. The van der Waals surface area contributed by atoms with E-state index in [-0.39, 0.29) is 6.04 Å². The second-order valence-electron chi connectivity index (χ2n) is 6.55. The van der Waals surface area contributed by atoms with Crippen LogP contribution in [0.1, 0.15) is 41.1 Å². The molecule has 3 rings (SSSR count). The first-order valence-electron chi connectivity index (χ1n) is 8.16. The third-order valence-corrected chi connectivity index (χ3v) is 7.10. The van der Waals surface area contributed by atoms with Crippen molar-refractivity contribution in [3.05, 3.63) is 63.7 Å². The smallest absolute Gasteiger partial charge is 0.207 e. The molecule has 1 aliphatic rings. The summed E-state index contributed by atoms with van der Waals surface area (Å²) in [5.74, 6) is 0. The van der Waals surface area contributed by atoms with Gasteiger partial charge in [-0.3, -0.25) is 0 Å². The van der Waals surface area contributed by atoms with Crippen LogP contribution in [-0.4, -0.2) is 19.3 Å². The van der Waals surface area contributed by atoms with Gasteiger partial charge in [0.15, 0.2) is 0 Å². The van der Waals surface area contributed by atoms with Crippen LogP contribution >= 0.6 is 11.6 Å². The minimum absolute atomic E-state index is 0.118. The summed E-state index contributed by atoms with van der Waals surface area (Å²) in [6.07, 6.45) is 1.71. The summed E-state index contributed by atoms with van der Waals surface area (Å²) in [5, 5.41) is 0.663. The normalized spacial score (nSPS) is 18.9. The summed E-state index contributed by atoms with van der Waals surface area (Å²) in [6.45, 7) is 6.30. The minimum Gasteiger partial charge on any atom is -0.207 e. The van der Waals surface area contributed by atoms with Gasteiger partial charge in [0.25, 0.3) is 0 Å². The molecule has 0 aliphatic carbocycles. The van der Waals surface area contributed by atoms with Crippen molar-refractivity contribution in [1.82, 2.24) is 4.31 Å². The number of sulfonamides is 1. The molecule has 0 radical (unpaired) electrons. The van der Waals surface area contributed by atoms with Crippen LogP contribution in [0.3, 0.4) is 0 Å². The molecule has 24 heavy (non-hydrogen) atoms. The van der Waals surface area contributed by atoms with Gasteiger partial charge in [0.2, 0.25) is 10.0 Å². The van der Waals surface area contributed by atoms with Crippen molar-refractivity contribution in [2.45, 2.75) is 44.6 Å². The monoisotopic (exact) mass is 363 g/mol. The van der Waals surface area contributed by atoms with E-state index in [1.807, 2.05) is 57.2 Å². The van der Waals surface area contributed by atoms with Crippen LogP contribution in [-0.2, 0) is 10.0 Å². The van der Waals surface area contributed by atoms with Gasteiger partial charge in [-0.25, -0.2) is 8.42 Å². The van der Waals surface area contributed by atoms with E-state index in [1.165, 1.54) is 0 Å². The molecule has 128 valence electrons. The lowest BCUT2D eigenvalue weighted by Gasteiger charge is -2.26. The maximum absolute atomic E-state index is 13.3. The zero-order valence-corrected chi connectivity index (χ0v) is 15.8. The molecule has 5 heteroatoms. The molecule has 3 nitrogen and oxygen atoms in total. The fraction of sp³-hybridized carbons (Fsp3) is 0.368. The first-order valence-corrected chi connectivity index (χ1v) is 9.97. The standard InChI is InChI=1S/C19H22ClNO2S/c1-13-11-14(2)19(15(3)12-13)24(22,23)21-10-4-5-18(21)16-6-8-17(20)9-7-16/h6-9,11-12,18H,4-5,10H2,1-3H3. The Bertz CT molecular complexity index is 836. The van der Waals surface area contributed by atoms with Gasteiger partial charge in [0, 0.05) is 11.6 Å². The van der Waals surface area contributed by atoms with E-state index in [1.54, 1.807) is 4.31 Å². The van der Waals surface area contributed by atoms with E-state index < -0.39 is 10.0 Å². The number of rotatable bonds is 3. The maximum Gasteiger partial charge on any atom is 0.244 e. The number of hydrogen-bond donors (Lipinski definition) is 0. The zero-order valence-electron chi connectivity index (χ0n) is 14.2. The SMILES string of the molecule is Cc1cc(C)c(S(=O)(=O)N2CCCC2c2ccc(Cl)cc2)c(C)c1. The van der Waals surface area contributed by atoms with Crippen molar-refractivity contribution in [3.63, 3.8) is 0 Å². The Balaban J connectivity index is 2.04. The van der Waals surface area contributed by atoms with Crippen molar-refractivity contribution < 1.29 is 8.42 Å². The summed E-state index contributed by atoms with van der Waals surface area (Å²) in [5.41, 5.74) is 3.71. The Morgan fingerprint density at radius 2 is 1.62 bits per heavy atom. The molecule has 1 heterocycles. The summed E-state index contributed by atoms with van der Waals surface area (Å²) < 4.78 is 28.3. The predicted octanol–water partition coefficient (Wildman–Crippen LogP) is 4.79. The van der Waals surface area contributed by atoms with Gasteiger partial charge >= 0.3 is 0 Å². The van der Waals surface area contributed by atoms with Gasteiger partial charge in [0.05, 0.1) is 10.9 Å². The van der Waals surface area contributed by atoms with Crippen molar-refractivity contribution >= 4 is 21.6 Å². The molecular weight excluding hydrogens is 342 g/mol. The summed E-state index contributed by atoms with van der Waals surface area (Å²) in [6, 6.07) is 11.3. The van der Waals surface area contributed by atoms with E-state index in [9.17, 15) is 8.42 Å². The third-order valence-electron chi connectivity index (χ3n) is 4.63. The minimum atomic E-state index is -3.52. The van der Waals surface area contributed by atoms with Crippen molar-refractivity contribution in [2.24, 2.45) is 0 Å². The average Bonchev–Trinajstić information content (AvgIpc) is 2.96. The first kappa shape index (κ1) is 17.5. The molecule has 2 aromatic rings. The molecular formula is C19H22ClNO2S. The largest absolute Gasteiger partial charge is 0.244 e. The molecule has 0 bridgehead atoms. The Morgan fingerprint density at radius 3 is 2.21 bits per heavy atom. The van der Waals surface area contributed by atoms with Crippen LogP contribution in [0.15, 0.2) is 41.3 Å². The number of nitrogens with zero attached hydrogens (tertiary/aromatic N) is 1. The summed E-state index contributed by atoms with van der Waals surface area (Å²) in [4.78, 5) is 0.453. The van der Waals surface area contributed by atoms with Crippen LogP contribution in [0, 0.1) is 20.8 Å². The van der Waals surface area contributed by atoms with E-state index in [0.717, 1.165) is 35.1 Å². The molecule has 1 atom stereocenters. The van der Waals surface area contributed by atoms with Crippen LogP contribution in [0.4, 0.5) is 0 Å². The Kier molecular flexibility index (Phi) is 4.73. The molecule has 0 amide bonds. The number of aryl methyl sites for hydroxylation is 3. The molecule has 0 N–H and O–H groups in total.